The van der Waals surface area contributed by atoms with Crippen LogP contribution in [0.15, 0.2) is 48.5 Å². The Morgan fingerprint density at radius 1 is 1.07 bits per heavy atom. The van der Waals surface area contributed by atoms with Crippen molar-refractivity contribution >= 4 is 23.5 Å². The van der Waals surface area contributed by atoms with Crippen molar-refractivity contribution in [1.82, 2.24) is 9.80 Å². The number of rotatable bonds is 6. The van der Waals surface area contributed by atoms with E-state index in [0.717, 1.165) is 30.9 Å². The zero-order chi connectivity index (χ0) is 20.2. The highest BCUT2D eigenvalue weighted by atomic mass is 35.5. The van der Waals surface area contributed by atoms with E-state index in [0.29, 0.717) is 30.3 Å². The van der Waals surface area contributed by atoms with Gasteiger partial charge in [0.25, 0.3) is 0 Å². The van der Waals surface area contributed by atoms with Crippen LogP contribution in [-0.4, -0.2) is 61.0 Å². The molecule has 1 saturated heterocycles. The molecule has 0 aromatic heterocycles. The van der Waals surface area contributed by atoms with Crippen LogP contribution in [0.5, 0.6) is 5.75 Å². The molecule has 0 spiro atoms. The lowest BCUT2D eigenvalue weighted by Crippen LogP contribution is -2.49. The van der Waals surface area contributed by atoms with Gasteiger partial charge in [-0.1, -0.05) is 29.8 Å². The number of nitrogens with zero attached hydrogens (tertiary/aromatic N) is 2. The van der Waals surface area contributed by atoms with Crippen LogP contribution >= 0.6 is 11.6 Å². The van der Waals surface area contributed by atoms with E-state index in [1.807, 2.05) is 29.2 Å². The third-order valence-corrected chi connectivity index (χ3v) is 5.60. The molecule has 152 valence electrons. The number of piperazine rings is 1. The lowest BCUT2D eigenvalue weighted by molar-refractivity contribution is -0.135. The van der Waals surface area contributed by atoms with Crippen LogP contribution in [0, 0.1) is 0 Å². The second-order valence-electron chi connectivity index (χ2n) is 7.21. The SMILES string of the molecule is O=C1OC(CC(=O)N2CCN(CCOc3ccc(Cl)cc3)CC2)c2ccccc21. The summed E-state index contributed by atoms with van der Waals surface area (Å²) in [6, 6.07) is 14.6. The summed E-state index contributed by atoms with van der Waals surface area (Å²) in [4.78, 5) is 28.7. The van der Waals surface area contributed by atoms with Crippen LogP contribution in [0.25, 0.3) is 0 Å². The first kappa shape index (κ1) is 19.7. The number of hydrogen-bond donors (Lipinski definition) is 0. The molecule has 2 heterocycles. The third-order valence-electron chi connectivity index (χ3n) is 5.35. The molecule has 6 nitrogen and oxygen atoms in total. The van der Waals surface area contributed by atoms with Gasteiger partial charge in [0, 0.05) is 43.3 Å². The molecule has 0 N–H and O–H groups in total. The van der Waals surface area contributed by atoms with Gasteiger partial charge in [0.15, 0.2) is 0 Å². The minimum Gasteiger partial charge on any atom is -0.492 e. The number of carbonyl (C=O) groups excluding carboxylic acids is 2. The molecule has 7 heteroatoms. The number of fused-ring (bicyclic) bond motifs is 1. The third kappa shape index (κ3) is 4.71. The molecule has 2 aliphatic rings. The Morgan fingerprint density at radius 2 is 1.79 bits per heavy atom. The van der Waals surface area contributed by atoms with Crippen molar-refractivity contribution in [3.63, 3.8) is 0 Å². The number of benzene rings is 2. The molecule has 2 aromatic rings. The summed E-state index contributed by atoms with van der Waals surface area (Å²) < 4.78 is 11.1. The van der Waals surface area contributed by atoms with Crippen LogP contribution in [-0.2, 0) is 9.53 Å². The first-order valence-corrected chi connectivity index (χ1v) is 10.2. The van der Waals surface area contributed by atoms with E-state index < -0.39 is 6.10 Å². The van der Waals surface area contributed by atoms with E-state index in [4.69, 9.17) is 21.1 Å². The summed E-state index contributed by atoms with van der Waals surface area (Å²) in [6.45, 7) is 4.33. The molecule has 2 aliphatic heterocycles. The van der Waals surface area contributed by atoms with Crippen LogP contribution < -0.4 is 4.74 Å². The Bertz CT molecular complexity index is 879. The second-order valence-corrected chi connectivity index (χ2v) is 7.65. The molecule has 4 rings (SSSR count). The summed E-state index contributed by atoms with van der Waals surface area (Å²) >= 11 is 5.87. The van der Waals surface area contributed by atoms with Gasteiger partial charge in [-0.25, -0.2) is 4.79 Å². The monoisotopic (exact) mass is 414 g/mol. The van der Waals surface area contributed by atoms with E-state index in [9.17, 15) is 9.59 Å². The maximum atomic E-state index is 12.7. The van der Waals surface area contributed by atoms with Gasteiger partial charge < -0.3 is 14.4 Å². The molecular formula is C22H23ClN2O4. The lowest BCUT2D eigenvalue weighted by Gasteiger charge is -2.35. The van der Waals surface area contributed by atoms with Gasteiger partial charge in [0.2, 0.25) is 5.91 Å². The molecule has 1 unspecified atom stereocenters. The zero-order valence-electron chi connectivity index (χ0n) is 16.1. The molecule has 1 fully saturated rings. The molecule has 0 radical (unpaired) electrons. The number of cyclic esters (lactones) is 1. The van der Waals surface area contributed by atoms with Crippen molar-refractivity contribution < 1.29 is 19.1 Å². The Hall–Kier alpha value is -2.57. The summed E-state index contributed by atoms with van der Waals surface area (Å²) in [5.41, 5.74) is 1.37. The highest BCUT2D eigenvalue weighted by Crippen LogP contribution is 2.33. The summed E-state index contributed by atoms with van der Waals surface area (Å²) in [5.74, 6) is 0.482. The molecule has 1 amide bonds. The number of halogens is 1. The fourth-order valence-electron chi connectivity index (χ4n) is 3.70. The molecular weight excluding hydrogens is 392 g/mol. The van der Waals surface area contributed by atoms with Gasteiger partial charge in [-0.05, 0) is 30.3 Å². The Kier molecular flexibility index (Phi) is 6.02. The largest absolute Gasteiger partial charge is 0.492 e. The van der Waals surface area contributed by atoms with Gasteiger partial charge in [-0.3, -0.25) is 9.69 Å². The Morgan fingerprint density at radius 3 is 2.55 bits per heavy atom. The van der Waals surface area contributed by atoms with Crippen LogP contribution in [0.2, 0.25) is 5.02 Å². The first-order chi connectivity index (χ1) is 14.1. The molecule has 2 aromatic carbocycles. The topological polar surface area (TPSA) is 59.1 Å². The predicted molar refractivity (Wildman–Crippen MR) is 109 cm³/mol. The normalized spacial score (nSPS) is 19.0. The van der Waals surface area contributed by atoms with Gasteiger partial charge in [0.05, 0.1) is 12.0 Å². The second kappa shape index (κ2) is 8.84. The summed E-state index contributed by atoms with van der Waals surface area (Å²) in [6.07, 6.45) is -0.278. The summed E-state index contributed by atoms with van der Waals surface area (Å²) in [5, 5.41) is 0.689. The van der Waals surface area contributed by atoms with Crippen molar-refractivity contribution in [2.45, 2.75) is 12.5 Å². The number of esters is 1. The molecule has 0 saturated carbocycles. The number of carbonyl (C=O) groups is 2. The van der Waals surface area contributed by atoms with E-state index in [1.54, 1.807) is 24.3 Å². The van der Waals surface area contributed by atoms with Gasteiger partial charge >= 0.3 is 5.97 Å². The maximum Gasteiger partial charge on any atom is 0.339 e. The van der Waals surface area contributed by atoms with Gasteiger partial charge in [-0.2, -0.15) is 0 Å². The van der Waals surface area contributed by atoms with E-state index >= 15 is 0 Å². The van der Waals surface area contributed by atoms with E-state index in [-0.39, 0.29) is 18.3 Å². The maximum absolute atomic E-state index is 12.7. The predicted octanol–water partition coefficient (Wildman–Crippen LogP) is 3.16. The summed E-state index contributed by atoms with van der Waals surface area (Å²) in [7, 11) is 0. The number of hydrogen-bond acceptors (Lipinski definition) is 5. The van der Waals surface area contributed by atoms with Crippen molar-refractivity contribution in [2.75, 3.05) is 39.3 Å². The Labute approximate surface area is 174 Å². The average Bonchev–Trinajstić information content (AvgIpc) is 3.06. The quantitative estimate of drug-likeness (QED) is 0.679. The highest BCUT2D eigenvalue weighted by molar-refractivity contribution is 6.30. The highest BCUT2D eigenvalue weighted by Gasteiger charge is 2.33. The minimum absolute atomic E-state index is 0.0246. The lowest BCUT2D eigenvalue weighted by atomic mass is 10.0. The fraction of sp³-hybridized carbons (Fsp3) is 0.364. The fourth-order valence-corrected chi connectivity index (χ4v) is 3.83. The minimum atomic E-state index is -0.475. The van der Waals surface area contributed by atoms with Crippen molar-refractivity contribution in [3.8, 4) is 5.75 Å². The number of ether oxygens (including phenoxy) is 2. The van der Waals surface area contributed by atoms with E-state index in [1.165, 1.54) is 0 Å². The Balaban J connectivity index is 1.21. The van der Waals surface area contributed by atoms with Crippen LogP contribution in [0.4, 0.5) is 0 Å². The molecule has 1 atom stereocenters. The molecule has 29 heavy (non-hydrogen) atoms. The standard InChI is InChI=1S/C22H23ClN2O4/c23-16-5-7-17(8-6-16)28-14-13-24-9-11-25(12-10-24)21(26)15-20-18-3-1-2-4-19(18)22(27)29-20/h1-8,20H,9-15H2. The average molecular weight is 415 g/mol. The van der Waals surface area contributed by atoms with Crippen LogP contribution in [0.1, 0.15) is 28.4 Å². The van der Waals surface area contributed by atoms with Crippen molar-refractivity contribution in [2.24, 2.45) is 0 Å². The first-order valence-electron chi connectivity index (χ1n) is 9.78. The van der Waals surface area contributed by atoms with Gasteiger partial charge in [-0.15, -0.1) is 0 Å². The van der Waals surface area contributed by atoms with Crippen molar-refractivity contribution in [1.29, 1.82) is 0 Å². The number of amides is 1. The van der Waals surface area contributed by atoms with Gasteiger partial charge in [0.1, 0.15) is 18.5 Å². The molecule has 0 aliphatic carbocycles. The van der Waals surface area contributed by atoms with Crippen molar-refractivity contribution in [3.05, 3.63) is 64.7 Å². The molecule has 0 bridgehead atoms. The smallest absolute Gasteiger partial charge is 0.339 e. The van der Waals surface area contributed by atoms with E-state index in [2.05, 4.69) is 4.90 Å². The zero-order valence-corrected chi connectivity index (χ0v) is 16.8. The van der Waals surface area contributed by atoms with Crippen LogP contribution in [0.3, 0.4) is 0 Å².